The lowest BCUT2D eigenvalue weighted by molar-refractivity contribution is -0.139. The molecule has 7 nitrogen and oxygen atoms in total. The van der Waals surface area contributed by atoms with Gasteiger partial charge in [0.05, 0.1) is 16.9 Å². The van der Waals surface area contributed by atoms with E-state index < -0.39 is 15.4 Å². The smallest absolute Gasteiger partial charge is 0.228 e. The summed E-state index contributed by atoms with van der Waals surface area (Å²) in [5.41, 5.74) is 1.38. The van der Waals surface area contributed by atoms with Crippen LogP contribution in [0.3, 0.4) is 0 Å². The molecule has 3 rings (SSSR count). The first-order valence-electron chi connectivity index (χ1n) is 8.60. The second kappa shape index (κ2) is 6.66. The third-order valence-corrected chi connectivity index (χ3v) is 7.44. The first-order valence-corrected chi connectivity index (χ1v) is 10.2. The Morgan fingerprint density at radius 2 is 2.20 bits per heavy atom. The van der Waals surface area contributed by atoms with Gasteiger partial charge < -0.3 is 5.32 Å². The molecule has 0 bridgehead atoms. The number of piperidine rings is 1. The summed E-state index contributed by atoms with van der Waals surface area (Å²) < 4.78 is 26.0. The molecule has 1 aromatic rings. The van der Waals surface area contributed by atoms with Gasteiger partial charge in [0.2, 0.25) is 15.9 Å². The van der Waals surface area contributed by atoms with Crippen molar-refractivity contribution in [1.29, 1.82) is 0 Å². The number of nitrogens with zero attached hydrogens (tertiary/aromatic N) is 3. The molecule has 0 aliphatic carbocycles. The minimum atomic E-state index is -3.27. The monoisotopic (exact) mass is 366 g/mol. The molecule has 1 aromatic heterocycles. The summed E-state index contributed by atoms with van der Waals surface area (Å²) in [6, 6.07) is 3.75. The van der Waals surface area contributed by atoms with E-state index >= 15 is 0 Å². The third-order valence-electron chi connectivity index (χ3n) is 5.58. The molecule has 138 valence electrons. The molecule has 8 heteroatoms. The standard InChI is InChI=1S/C17H26N4O3S/c1-13-4-5-14(19-10-13)11-21-8-6-15-17(12-21,16(22)18-2)7-9-25(23,24)20(15)3/h4-5,10,15H,6-9,11-12H2,1-3H3,(H,18,22)/t15-,17+/m1/s1. The minimum absolute atomic E-state index is 0.0179. The summed E-state index contributed by atoms with van der Waals surface area (Å²) in [6.45, 7) is 3.97. The van der Waals surface area contributed by atoms with Crippen molar-refractivity contribution in [2.24, 2.45) is 5.41 Å². The Balaban J connectivity index is 1.85. The number of aryl methyl sites for hydroxylation is 1. The highest BCUT2D eigenvalue weighted by atomic mass is 32.2. The van der Waals surface area contributed by atoms with Crippen molar-refractivity contribution in [2.75, 3.05) is 32.9 Å². The van der Waals surface area contributed by atoms with E-state index in [1.165, 1.54) is 4.31 Å². The number of pyridine rings is 1. The summed E-state index contributed by atoms with van der Waals surface area (Å²) in [6.07, 6.45) is 2.86. The SMILES string of the molecule is CNC(=O)[C@]12CCS(=O)(=O)N(C)[C@@H]1CCN(Cc1ccc(C)cn1)C2. The number of fused-ring (bicyclic) bond motifs is 1. The molecule has 1 N–H and O–H groups in total. The Morgan fingerprint density at radius 1 is 1.44 bits per heavy atom. The molecule has 2 fully saturated rings. The Kier molecular flexibility index (Phi) is 4.87. The van der Waals surface area contributed by atoms with E-state index in [1.807, 2.05) is 25.3 Å². The molecule has 25 heavy (non-hydrogen) atoms. The van der Waals surface area contributed by atoms with Crippen LogP contribution in [-0.2, 0) is 21.4 Å². The second-order valence-electron chi connectivity index (χ2n) is 7.16. The molecule has 3 heterocycles. The van der Waals surface area contributed by atoms with Gasteiger partial charge in [0.15, 0.2) is 0 Å². The lowest BCUT2D eigenvalue weighted by Gasteiger charge is -2.52. The molecule has 0 aromatic carbocycles. The Hall–Kier alpha value is -1.51. The van der Waals surface area contributed by atoms with Crippen molar-refractivity contribution in [3.63, 3.8) is 0 Å². The van der Waals surface area contributed by atoms with Gasteiger partial charge >= 0.3 is 0 Å². The zero-order valence-electron chi connectivity index (χ0n) is 15.0. The fourth-order valence-corrected chi connectivity index (χ4v) is 5.74. The van der Waals surface area contributed by atoms with Gasteiger partial charge in [-0.1, -0.05) is 6.07 Å². The van der Waals surface area contributed by atoms with E-state index in [2.05, 4.69) is 15.2 Å². The molecule has 0 spiro atoms. The number of nitrogens with one attached hydrogen (secondary N) is 1. The molecular weight excluding hydrogens is 340 g/mol. The van der Waals surface area contributed by atoms with Crippen molar-refractivity contribution < 1.29 is 13.2 Å². The Labute approximate surface area is 149 Å². The van der Waals surface area contributed by atoms with Crippen molar-refractivity contribution in [3.8, 4) is 0 Å². The number of aromatic nitrogens is 1. The number of carbonyl (C=O) groups is 1. The summed E-state index contributed by atoms with van der Waals surface area (Å²) in [7, 11) is -0.0424. The van der Waals surface area contributed by atoms with Crippen LogP contribution in [0.5, 0.6) is 0 Å². The summed E-state index contributed by atoms with van der Waals surface area (Å²) >= 11 is 0. The van der Waals surface area contributed by atoms with Gasteiger partial charge in [-0.25, -0.2) is 12.7 Å². The predicted octanol–water partition coefficient (Wildman–Crippen LogP) is 0.362. The maximum atomic E-state index is 12.7. The summed E-state index contributed by atoms with van der Waals surface area (Å²) in [4.78, 5) is 19.4. The second-order valence-corrected chi connectivity index (χ2v) is 9.31. The van der Waals surface area contributed by atoms with Gasteiger partial charge in [-0.05, 0) is 31.4 Å². The molecule has 0 radical (unpaired) electrons. The normalized spacial score (nSPS) is 29.8. The van der Waals surface area contributed by atoms with Crippen molar-refractivity contribution >= 4 is 15.9 Å². The minimum Gasteiger partial charge on any atom is -0.359 e. The van der Waals surface area contributed by atoms with Crippen LogP contribution in [0.25, 0.3) is 0 Å². The highest BCUT2D eigenvalue weighted by molar-refractivity contribution is 7.89. The third kappa shape index (κ3) is 3.30. The average Bonchev–Trinajstić information content (AvgIpc) is 2.60. The van der Waals surface area contributed by atoms with Crippen LogP contribution in [-0.4, -0.2) is 67.5 Å². The van der Waals surface area contributed by atoms with Crippen LogP contribution < -0.4 is 5.32 Å². The molecule has 2 aliphatic heterocycles. The number of amides is 1. The molecular formula is C17H26N4O3S. The zero-order valence-corrected chi connectivity index (χ0v) is 15.8. The van der Waals surface area contributed by atoms with Gasteiger partial charge in [0.1, 0.15) is 0 Å². The highest BCUT2D eigenvalue weighted by Gasteiger charge is 2.55. The fourth-order valence-electron chi connectivity index (χ4n) is 4.13. The lowest BCUT2D eigenvalue weighted by Crippen LogP contribution is -2.66. The van der Waals surface area contributed by atoms with Crippen LogP contribution in [0, 0.1) is 12.3 Å². The van der Waals surface area contributed by atoms with Gasteiger partial charge in [-0.2, -0.15) is 0 Å². The molecule has 1 amide bonds. The highest BCUT2D eigenvalue weighted by Crippen LogP contribution is 2.42. The van der Waals surface area contributed by atoms with Crippen LogP contribution in [0.2, 0.25) is 0 Å². The Morgan fingerprint density at radius 3 is 2.84 bits per heavy atom. The number of hydrogen-bond acceptors (Lipinski definition) is 5. The van der Waals surface area contributed by atoms with E-state index in [0.717, 1.165) is 17.8 Å². The van der Waals surface area contributed by atoms with E-state index in [1.54, 1.807) is 14.1 Å². The van der Waals surface area contributed by atoms with Crippen LogP contribution >= 0.6 is 0 Å². The molecule has 2 aliphatic rings. The van der Waals surface area contributed by atoms with E-state index in [-0.39, 0.29) is 17.7 Å². The summed E-state index contributed by atoms with van der Waals surface area (Å²) in [5.74, 6) is -0.0508. The first kappa shape index (κ1) is 18.3. The molecule has 2 atom stereocenters. The average molecular weight is 366 g/mol. The first-order chi connectivity index (χ1) is 11.8. The quantitative estimate of drug-likeness (QED) is 0.835. The van der Waals surface area contributed by atoms with Gasteiger partial charge in [0.25, 0.3) is 0 Å². The topological polar surface area (TPSA) is 82.6 Å². The maximum Gasteiger partial charge on any atom is 0.228 e. The zero-order chi connectivity index (χ0) is 18.2. The molecule has 0 unspecified atom stereocenters. The number of likely N-dealkylation sites (tertiary alicyclic amines) is 1. The predicted molar refractivity (Wildman–Crippen MR) is 95.3 cm³/mol. The van der Waals surface area contributed by atoms with E-state index in [4.69, 9.17) is 0 Å². The van der Waals surface area contributed by atoms with Gasteiger partial charge in [-0.15, -0.1) is 0 Å². The number of rotatable bonds is 3. The van der Waals surface area contributed by atoms with Crippen molar-refractivity contribution in [1.82, 2.24) is 19.5 Å². The molecule has 2 saturated heterocycles. The van der Waals surface area contributed by atoms with Gasteiger partial charge in [-0.3, -0.25) is 14.7 Å². The van der Waals surface area contributed by atoms with Crippen LogP contribution in [0.4, 0.5) is 0 Å². The summed E-state index contributed by atoms with van der Waals surface area (Å²) in [5, 5.41) is 2.76. The largest absolute Gasteiger partial charge is 0.359 e. The molecule has 0 saturated carbocycles. The van der Waals surface area contributed by atoms with Gasteiger partial charge in [0, 0.05) is 46.0 Å². The fraction of sp³-hybridized carbons (Fsp3) is 0.647. The number of carbonyl (C=O) groups excluding carboxylic acids is 1. The maximum absolute atomic E-state index is 12.7. The van der Waals surface area contributed by atoms with Crippen LogP contribution in [0.15, 0.2) is 18.3 Å². The number of hydrogen-bond donors (Lipinski definition) is 1. The van der Waals surface area contributed by atoms with E-state index in [0.29, 0.717) is 25.9 Å². The lowest BCUT2D eigenvalue weighted by atomic mass is 9.72. The Bertz CT molecular complexity index is 750. The van der Waals surface area contributed by atoms with Crippen molar-refractivity contribution in [2.45, 2.75) is 32.4 Å². The number of sulfonamides is 1. The van der Waals surface area contributed by atoms with E-state index in [9.17, 15) is 13.2 Å². The van der Waals surface area contributed by atoms with Crippen LogP contribution in [0.1, 0.15) is 24.1 Å². The van der Waals surface area contributed by atoms with Crippen molar-refractivity contribution in [3.05, 3.63) is 29.6 Å².